The van der Waals surface area contributed by atoms with Crippen LogP contribution < -0.4 is 4.72 Å². The minimum Gasteiger partial charge on any atom is -0.263 e. The third kappa shape index (κ3) is 5.77. The van der Waals surface area contributed by atoms with Gasteiger partial charge in [0.05, 0.1) is 4.90 Å². The molecule has 0 bridgehead atoms. The summed E-state index contributed by atoms with van der Waals surface area (Å²) in [6.45, 7) is 0.198. The lowest BCUT2D eigenvalue weighted by molar-refractivity contribution is 0.443. The third-order valence-corrected chi connectivity index (χ3v) is 7.22. The monoisotopic (exact) mass is 442 g/mol. The summed E-state index contributed by atoms with van der Waals surface area (Å²) in [4.78, 5) is 4.64. The van der Waals surface area contributed by atoms with Gasteiger partial charge in [-0.3, -0.25) is 5.10 Å². The fraction of sp³-hybridized carbons (Fsp3) is 0.391. The first-order chi connectivity index (χ1) is 15.0. The topological polar surface area (TPSA) is 87.7 Å². The maximum absolute atomic E-state index is 13.3. The van der Waals surface area contributed by atoms with E-state index < -0.39 is 10.0 Å². The Morgan fingerprint density at radius 2 is 1.84 bits per heavy atom. The van der Waals surface area contributed by atoms with Crippen molar-refractivity contribution >= 4 is 10.0 Å². The summed E-state index contributed by atoms with van der Waals surface area (Å²) in [7, 11) is -3.58. The molecule has 6 nitrogen and oxygen atoms in total. The number of nitrogens with one attached hydrogen (secondary N) is 2. The Kier molecular flexibility index (Phi) is 6.77. The van der Waals surface area contributed by atoms with Gasteiger partial charge in [0.25, 0.3) is 0 Å². The van der Waals surface area contributed by atoms with E-state index in [0.717, 1.165) is 5.56 Å². The smallest absolute Gasteiger partial charge is 0.240 e. The van der Waals surface area contributed by atoms with Gasteiger partial charge < -0.3 is 0 Å². The third-order valence-electron chi connectivity index (χ3n) is 5.75. The largest absolute Gasteiger partial charge is 0.263 e. The van der Waals surface area contributed by atoms with Crippen LogP contribution in [-0.2, 0) is 22.9 Å². The molecule has 0 atom stereocenters. The number of aromatic nitrogens is 3. The summed E-state index contributed by atoms with van der Waals surface area (Å²) >= 11 is 0. The second-order valence-corrected chi connectivity index (χ2v) is 9.82. The summed E-state index contributed by atoms with van der Waals surface area (Å²) < 4.78 is 41.1. The van der Waals surface area contributed by atoms with Crippen molar-refractivity contribution in [2.24, 2.45) is 0 Å². The highest BCUT2D eigenvalue weighted by atomic mass is 32.2. The van der Waals surface area contributed by atoms with Gasteiger partial charge in [-0.25, -0.2) is 22.5 Å². The van der Waals surface area contributed by atoms with E-state index in [2.05, 4.69) is 19.9 Å². The molecule has 0 unspecified atom stereocenters. The van der Waals surface area contributed by atoms with E-state index in [9.17, 15) is 12.8 Å². The maximum Gasteiger partial charge on any atom is 0.240 e. The maximum atomic E-state index is 13.3. The van der Waals surface area contributed by atoms with Crippen LogP contribution in [0, 0.1) is 5.82 Å². The zero-order valence-electron chi connectivity index (χ0n) is 17.4. The second-order valence-electron chi connectivity index (χ2n) is 8.06. The number of hydrogen-bond acceptors (Lipinski definition) is 4. The van der Waals surface area contributed by atoms with Gasteiger partial charge in [-0.15, -0.1) is 0 Å². The molecule has 0 radical (unpaired) electrons. The first-order valence-electron chi connectivity index (χ1n) is 10.7. The van der Waals surface area contributed by atoms with Gasteiger partial charge in [-0.05, 0) is 54.2 Å². The average Bonchev–Trinajstić information content (AvgIpc) is 3.21. The van der Waals surface area contributed by atoms with Gasteiger partial charge in [0.1, 0.15) is 11.6 Å². The molecular weight excluding hydrogens is 415 g/mol. The highest BCUT2D eigenvalue weighted by Gasteiger charge is 2.18. The Morgan fingerprint density at radius 3 is 2.58 bits per heavy atom. The Bertz CT molecular complexity index is 1110. The Hall–Kier alpha value is -2.58. The van der Waals surface area contributed by atoms with E-state index in [1.807, 2.05) is 18.2 Å². The number of halogens is 1. The summed E-state index contributed by atoms with van der Waals surface area (Å²) in [5, 5.41) is 6.96. The molecular formula is C23H27FN4O2S. The molecule has 0 aliphatic heterocycles. The number of sulfonamides is 1. The average molecular weight is 443 g/mol. The minimum atomic E-state index is -3.58. The zero-order chi connectivity index (χ0) is 21.7. The van der Waals surface area contributed by atoms with Crippen LogP contribution in [0.15, 0.2) is 53.4 Å². The zero-order valence-corrected chi connectivity index (χ0v) is 18.2. The van der Waals surface area contributed by atoms with Crippen LogP contribution in [0.1, 0.15) is 60.8 Å². The number of H-pyrrole nitrogens is 1. The molecule has 2 N–H and O–H groups in total. The molecule has 3 aromatic rings. The van der Waals surface area contributed by atoms with Crippen LogP contribution in [0.5, 0.6) is 0 Å². The predicted octanol–water partition coefficient (Wildman–Crippen LogP) is 4.10. The molecule has 1 saturated carbocycles. The number of nitrogens with zero attached hydrogens (tertiary/aromatic N) is 2. The molecule has 1 heterocycles. The Labute approximate surface area is 182 Å². The molecule has 0 spiro atoms. The summed E-state index contributed by atoms with van der Waals surface area (Å²) in [6.07, 6.45) is 6.95. The van der Waals surface area contributed by atoms with E-state index in [-0.39, 0.29) is 17.3 Å². The number of rotatable bonds is 8. The number of aromatic amines is 1. The molecule has 164 valence electrons. The molecule has 8 heteroatoms. The van der Waals surface area contributed by atoms with Crippen molar-refractivity contribution in [1.82, 2.24) is 19.9 Å². The van der Waals surface area contributed by atoms with Gasteiger partial charge in [0.2, 0.25) is 10.0 Å². The first kappa shape index (κ1) is 21.6. The fourth-order valence-corrected chi connectivity index (χ4v) is 5.13. The van der Waals surface area contributed by atoms with Crippen LogP contribution in [0.3, 0.4) is 0 Å². The Balaban J connectivity index is 1.30. The minimum absolute atomic E-state index is 0.198. The lowest BCUT2D eigenvalue weighted by atomic mass is 9.84. The lowest BCUT2D eigenvalue weighted by Gasteiger charge is -2.22. The molecule has 4 rings (SSSR count). The molecule has 31 heavy (non-hydrogen) atoms. The van der Waals surface area contributed by atoms with Crippen molar-refractivity contribution in [3.63, 3.8) is 0 Å². The van der Waals surface area contributed by atoms with E-state index in [0.29, 0.717) is 30.4 Å². The second kappa shape index (κ2) is 9.70. The van der Waals surface area contributed by atoms with E-state index in [1.54, 1.807) is 18.2 Å². The van der Waals surface area contributed by atoms with E-state index in [1.165, 1.54) is 49.8 Å². The van der Waals surface area contributed by atoms with Gasteiger partial charge in [-0.1, -0.05) is 43.5 Å². The standard InChI is InChI=1S/C23H27FN4O2S/c24-20-8-4-5-17(15-20)16-23-26-22(27-28-23)13-14-25-31(29,30)21-11-9-19(10-12-21)18-6-2-1-3-7-18/h4-5,8-12,15,18,25H,1-3,6-7,13-14,16H2,(H,26,27,28). The van der Waals surface area contributed by atoms with Crippen molar-refractivity contribution in [3.05, 3.63) is 77.1 Å². The normalized spacial score (nSPS) is 15.3. The molecule has 0 saturated heterocycles. The van der Waals surface area contributed by atoms with Crippen molar-refractivity contribution < 1.29 is 12.8 Å². The van der Waals surface area contributed by atoms with Gasteiger partial charge in [0, 0.05) is 19.4 Å². The van der Waals surface area contributed by atoms with E-state index >= 15 is 0 Å². The molecule has 1 fully saturated rings. The first-order valence-corrected chi connectivity index (χ1v) is 12.2. The molecule has 2 aromatic carbocycles. The molecule has 1 aromatic heterocycles. The number of benzene rings is 2. The van der Waals surface area contributed by atoms with Gasteiger partial charge >= 0.3 is 0 Å². The quantitative estimate of drug-likeness (QED) is 0.550. The van der Waals surface area contributed by atoms with Crippen molar-refractivity contribution in [3.8, 4) is 0 Å². The van der Waals surface area contributed by atoms with Gasteiger partial charge in [0.15, 0.2) is 5.82 Å². The van der Waals surface area contributed by atoms with Crippen molar-refractivity contribution in [2.75, 3.05) is 6.54 Å². The van der Waals surface area contributed by atoms with Gasteiger partial charge in [-0.2, -0.15) is 5.10 Å². The predicted molar refractivity (Wildman–Crippen MR) is 117 cm³/mol. The van der Waals surface area contributed by atoms with Crippen molar-refractivity contribution in [2.45, 2.75) is 55.8 Å². The Morgan fingerprint density at radius 1 is 1.06 bits per heavy atom. The SMILES string of the molecule is O=S(=O)(NCCc1n[nH]c(Cc2cccc(F)c2)n1)c1ccc(C2CCCCC2)cc1. The molecule has 1 aliphatic carbocycles. The van der Waals surface area contributed by atoms with E-state index in [4.69, 9.17) is 0 Å². The molecule has 0 amide bonds. The lowest BCUT2D eigenvalue weighted by Crippen LogP contribution is -2.26. The fourth-order valence-electron chi connectivity index (χ4n) is 4.10. The summed E-state index contributed by atoms with van der Waals surface area (Å²) in [6, 6.07) is 13.6. The van der Waals surface area contributed by atoms with Crippen LogP contribution in [0.25, 0.3) is 0 Å². The van der Waals surface area contributed by atoms with Crippen LogP contribution >= 0.6 is 0 Å². The summed E-state index contributed by atoms with van der Waals surface area (Å²) in [5.41, 5.74) is 2.02. The van der Waals surface area contributed by atoms with Crippen molar-refractivity contribution in [1.29, 1.82) is 0 Å². The van der Waals surface area contributed by atoms with Crippen LogP contribution in [-0.4, -0.2) is 30.1 Å². The van der Waals surface area contributed by atoms with Crippen LogP contribution in [0.4, 0.5) is 4.39 Å². The summed E-state index contributed by atoms with van der Waals surface area (Å²) in [5.74, 6) is 1.38. The molecule has 1 aliphatic rings. The number of hydrogen-bond donors (Lipinski definition) is 2. The van der Waals surface area contributed by atoms with Crippen LogP contribution in [0.2, 0.25) is 0 Å². The highest BCUT2D eigenvalue weighted by molar-refractivity contribution is 7.89. The highest BCUT2D eigenvalue weighted by Crippen LogP contribution is 2.32.